The highest BCUT2D eigenvalue weighted by Crippen LogP contribution is 2.24. The summed E-state index contributed by atoms with van der Waals surface area (Å²) in [7, 11) is 0. The first kappa shape index (κ1) is 15.8. The minimum absolute atomic E-state index is 0.189. The van der Waals surface area contributed by atoms with Crippen molar-refractivity contribution >= 4 is 34.8 Å². The molecule has 2 N–H and O–H groups in total. The molecule has 0 radical (unpaired) electrons. The number of nitrogens with zero attached hydrogens (tertiary/aromatic N) is 1. The molecule has 1 amide bonds. The van der Waals surface area contributed by atoms with Crippen molar-refractivity contribution in [3.05, 3.63) is 63.6 Å². The van der Waals surface area contributed by atoms with Gasteiger partial charge in [0.25, 0.3) is 5.91 Å². The number of nitrogens with two attached hydrogens (primary N) is 1. The summed E-state index contributed by atoms with van der Waals surface area (Å²) in [6.07, 6.45) is 0. The lowest BCUT2D eigenvalue weighted by Gasteiger charge is -2.23. The monoisotopic (exact) mass is 322 g/mol. The quantitative estimate of drug-likeness (QED) is 0.927. The van der Waals surface area contributed by atoms with Crippen molar-refractivity contribution in [2.24, 2.45) is 5.73 Å². The van der Waals surface area contributed by atoms with Crippen LogP contribution in [0.4, 0.5) is 5.69 Å². The van der Waals surface area contributed by atoms with Gasteiger partial charge in [0.2, 0.25) is 0 Å². The van der Waals surface area contributed by atoms with E-state index in [0.717, 1.165) is 11.3 Å². The van der Waals surface area contributed by atoms with Crippen LogP contribution in [0.2, 0.25) is 10.0 Å². The first-order valence-electron chi connectivity index (χ1n) is 6.56. The zero-order chi connectivity index (χ0) is 15.4. The predicted molar refractivity (Wildman–Crippen MR) is 88.4 cm³/mol. The lowest BCUT2D eigenvalue weighted by atomic mass is 10.1. The number of aryl methyl sites for hydroxylation is 1. The second-order valence-electron chi connectivity index (χ2n) is 4.71. The average Bonchev–Trinajstić information content (AvgIpc) is 2.45. The van der Waals surface area contributed by atoms with Gasteiger partial charge in [0, 0.05) is 23.8 Å². The molecule has 0 aliphatic heterocycles. The van der Waals surface area contributed by atoms with Crippen LogP contribution in [-0.2, 0) is 0 Å². The summed E-state index contributed by atoms with van der Waals surface area (Å²) in [6.45, 7) is 2.78. The second-order valence-corrected chi connectivity index (χ2v) is 5.55. The Morgan fingerprint density at radius 2 is 1.81 bits per heavy atom. The fraction of sp³-hybridized carbons (Fsp3) is 0.188. The van der Waals surface area contributed by atoms with E-state index in [9.17, 15) is 4.79 Å². The van der Waals surface area contributed by atoms with Crippen LogP contribution in [0.15, 0.2) is 42.5 Å². The summed E-state index contributed by atoms with van der Waals surface area (Å²) < 4.78 is 0. The van der Waals surface area contributed by atoms with Gasteiger partial charge in [-0.2, -0.15) is 0 Å². The van der Waals surface area contributed by atoms with Crippen molar-refractivity contribution in [3.63, 3.8) is 0 Å². The molecule has 110 valence electrons. The highest BCUT2D eigenvalue weighted by Gasteiger charge is 2.19. The molecule has 0 aliphatic carbocycles. The molecule has 0 bridgehead atoms. The molecule has 0 spiro atoms. The van der Waals surface area contributed by atoms with Crippen LogP contribution in [-0.4, -0.2) is 19.0 Å². The van der Waals surface area contributed by atoms with Crippen molar-refractivity contribution in [3.8, 4) is 0 Å². The topological polar surface area (TPSA) is 46.3 Å². The van der Waals surface area contributed by atoms with E-state index in [-0.39, 0.29) is 5.91 Å². The van der Waals surface area contributed by atoms with Gasteiger partial charge < -0.3 is 10.6 Å². The largest absolute Gasteiger partial charge is 0.329 e. The van der Waals surface area contributed by atoms with E-state index in [4.69, 9.17) is 28.9 Å². The molecule has 2 aromatic rings. The van der Waals surface area contributed by atoms with Gasteiger partial charge in [0.1, 0.15) is 0 Å². The Kier molecular flexibility index (Phi) is 5.23. The average molecular weight is 323 g/mol. The number of halogens is 2. The molecule has 0 fully saturated rings. The van der Waals surface area contributed by atoms with Crippen molar-refractivity contribution in [1.29, 1.82) is 0 Å². The fourth-order valence-electron chi connectivity index (χ4n) is 2.01. The van der Waals surface area contributed by atoms with E-state index in [0.29, 0.717) is 28.7 Å². The number of hydrogen-bond acceptors (Lipinski definition) is 2. The minimum atomic E-state index is -0.189. The predicted octanol–water partition coefficient (Wildman–Crippen LogP) is 3.91. The standard InChI is InChI=1S/C16H16Cl2N2O/c1-11-2-5-13(6-3-11)20(9-8-19)16(21)14-7-4-12(17)10-15(14)18/h2-7,10H,8-9,19H2,1H3. The zero-order valence-electron chi connectivity index (χ0n) is 11.6. The summed E-state index contributed by atoms with van der Waals surface area (Å²) in [5.74, 6) is -0.189. The van der Waals surface area contributed by atoms with Gasteiger partial charge in [-0.05, 0) is 37.3 Å². The highest BCUT2D eigenvalue weighted by molar-refractivity contribution is 6.37. The van der Waals surface area contributed by atoms with Crippen LogP contribution in [0, 0.1) is 6.92 Å². The lowest BCUT2D eigenvalue weighted by molar-refractivity contribution is 0.0988. The molecule has 0 aromatic heterocycles. The van der Waals surface area contributed by atoms with E-state index in [1.165, 1.54) is 0 Å². The normalized spacial score (nSPS) is 10.5. The molecular formula is C16H16Cl2N2O. The molecule has 0 atom stereocenters. The van der Waals surface area contributed by atoms with Crippen molar-refractivity contribution in [2.45, 2.75) is 6.92 Å². The van der Waals surface area contributed by atoms with E-state index in [1.54, 1.807) is 23.1 Å². The maximum atomic E-state index is 12.7. The Morgan fingerprint density at radius 1 is 1.14 bits per heavy atom. The summed E-state index contributed by atoms with van der Waals surface area (Å²) in [5.41, 5.74) is 7.96. The highest BCUT2D eigenvalue weighted by atomic mass is 35.5. The number of hydrogen-bond donors (Lipinski definition) is 1. The first-order chi connectivity index (χ1) is 10.0. The van der Waals surface area contributed by atoms with Gasteiger partial charge in [-0.1, -0.05) is 40.9 Å². The summed E-state index contributed by atoms with van der Waals surface area (Å²) >= 11 is 12.0. The summed E-state index contributed by atoms with van der Waals surface area (Å²) in [5, 5.41) is 0.832. The van der Waals surface area contributed by atoms with E-state index < -0.39 is 0 Å². The van der Waals surface area contributed by atoms with Crippen molar-refractivity contribution in [1.82, 2.24) is 0 Å². The molecule has 0 saturated heterocycles. The third-order valence-electron chi connectivity index (χ3n) is 3.11. The lowest BCUT2D eigenvalue weighted by Crippen LogP contribution is -2.35. The molecule has 2 rings (SSSR count). The molecule has 5 heteroatoms. The van der Waals surface area contributed by atoms with Crippen LogP contribution in [0.5, 0.6) is 0 Å². The minimum Gasteiger partial charge on any atom is -0.329 e. The Morgan fingerprint density at radius 3 is 2.38 bits per heavy atom. The molecule has 3 nitrogen and oxygen atoms in total. The number of rotatable bonds is 4. The first-order valence-corrected chi connectivity index (χ1v) is 7.32. The SMILES string of the molecule is Cc1ccc(N(CCN)C(=O)c2ccc(Cl)cc2Cl)cc1. The third-order valence-corrected chi connectivity index (χ3v) is 3.65. The number of carbonyl (C=O) groups excluding carboxylic acids is 1. The van der Waals surface area contributed by atoms with Gasteiger partial charge >= 0.3 is 0 Å². The molecule has 2 aromatic carbocycles. The Balaban J connectivity index is 2.37. The Bertz CT molecular complexity index is 641. The zero-order valence-corrected chi connectivity index (χ0v) is 13.2. The van der Waals surface area contributed by atoms with Crippen LogP contribution in [0.1, 0.15) is 15.9 Å². The maximum absolute atomic E-state index is 12.7. The maximum Gasteiger partial charge on any atom is 0.259 e. The number of carbonyl (C=O) groups is 1. The second kappa shape index (κ2) is 6.94. The van der Waals surface area contributed by atoms with Gasteiger partial charge in [-0.3, -0.25) is 4.79 Å². The fourth-order valence-corrected chi connectivity index (χ4v) is 2.50. The Hall–Kier alpha value is -1.55. The third kappa shape index (κ3) is 3.76. The van der Waals surface area contributed by atoms with Gasteiger partial charge in [-0.25, -0.2) is 0 Å². The van der Waals surface area contributed by atoms with Crippen molar-refractivity contribution < 1.29 is 4.79 Å². The molecule has 0 heterocycles. The Labute approximate surface area is 134 Å². The number of anilines is 1. The summed E-state index contributed by atoms with van der Waals surface area (Å²) in [4.78, 5) is 14.3. The van der Waals surface area contributed by atoms with Crippen LogP contribution >= 0.6 is 23.2 Å². The van der Waals surface area contributed by atoms with Crippen molar-refractivity contribution in [2.75, 3.05) is 18.0 Å². The molecular weight excluding hydrogens is 307 g/mol. The van der Waals surface area contributed by atoms with Crippen LogP contribution in [0.25, 0.3) is 0 Å². The summed E-state index contributed by atoms with van der Waals surface area (Å²) in [6, 6.07) is 12.5. The molecule has 0 unspecified atom stereocenters. The molecule has 21 heavy (non-hydrogen) atoms. The molecule has 0 saturated carbocycles. The smallest absolute Gasteiger partial charge is 0.259 e. The van der Waals surface area contributed by atoms with Crippen LogP contribution in [0.3, 0.4) is 0 Å². The van der Waals surface area contributed by atoms with Gasteiger partial charge in [-0.15, -0.1) is 0 Å². The molecule has 0 aliphatic rings. The van der Waals surface area contributed by atoms with E-state index in [1.807, 2.05) is 31.2 Å². The van der Waals surface area contributed by atoms with Gasteiger partial charge in [0.05, 0.1) is 10.6 Å². The van der Waals surface area contributed by atoms with Crippen LogP contribution < -0.4 is 10.6 Å². The number of benzene rings is 2. The van der Waals surface area contributed by atoms with E-state index in [2.05, 4.69) is 0 Å². The number of amides is 1. The van der Waals surface area contributed by atoms with Gasteiger partial charge in [0.15, 0.2) is 0 Å². The van der Waals surface area contributed by atoms with E-state index >= 15 is 0 Å².